The number of alkyl carbamates (subject to hydrolysis) is 1. The van der Waals surface area contributed by atoms with Crippen LogP contribution in [0, 0.1) is 11.8 Å². The maximum atomic E-state index is 13.9. The minimum atomic E-state index is -1.07. The summed E-state index contributed by atoms with van der Waals surface area (Å²) in [5.74, 6) is 5.34. The van der Waals surface area contributed by atoms with Gasteiger partial charge in [0.05, 0.1) is 18.8 Å². The van der Waals surface area contributed by atoms with Crippen LogP contribution in [0.3, 0.4) is 0 Å². The van der Waals surface area contributed by atoms with E-state index < -0.39 is 35.6 Å². The summed E-state index contributed by atoms with van der Waals surface area (Å²) in [6, 6.07) is 18.5. The van der Waals surface area contributed by atoms with Crippen molar-refractivity contribution < 1.29 is 29.0 Å². The van der Waals surface area contributed by atoms with E-state index in [9.17, 15) is 19.5 Å². The summed E-state index contributed by atoms with van der Waals surface area (Å²) in [6.45, 7) is 5.60. The highest BCUT2D eigenvalue weighted by Gasteiger charge is 2.38. The Morgan fingerprint density at radius 2 is 1.79 bits per heavy atom. The molecule has 1 aliphatic heterocycles. The predicted octanol–water partition coefficient (Wildman–Crippen LogP) is 5.28. The molecule has 3 aromatic carbocycles. The smallest absolute Gasteiger partial charge is 0.408 e. The summed E-state index contributed by atoms with van der Waals surface area (Å²) in [5, 5.41) is 20.8. The number of benzene rings is 3. The van der Waals surface area contributed by atoms with Crippen LogP contribution in [0.5, 0.6) is 5.75 Å². The van der Waals surface area contributed by atoms with Crippen LogP contribution in [0.25, 0.3) is 11.3 Å². The number of aryl methyl sites for hydroxylation is 1. The van der Waals surface area contributed by atoms with Crippen LogP contribution >= 0.6 is 11.6 Å². The molecule has 3 amide bonds. The zero-order chi connectivity index (χ0) is 34.4. The largest absolute Gasteiger partial charge is 0.507 e. The van der Waals surface area contributed by atoms with Gasteiger partial charge in [-0.25, -0.2) is 4.79 Å². The summed E-state index contributed by atoms with van der Waals surface area (Å²) in [5.41, 5.74) is 2.54. The predicted molar refractivity (Wildman–Crippen MR) is 181 cm³/mol. The Bertz CT molecular complexity index is 1860. The lowest BCUT2D eigenvalue weighted by molar-refractivity contribution is -0.148. The Morgan fingerprint density at radius 1 is 1.06 bits per heavy atom. The second kappa shape index (κ2) is 14.6. The van der Waals surface area contributed by atoms with E-state index in [0.29, 0.717) is 38.7 Å². The molecular formula is C36H36ClN5O6. The number of ether oxygens (including phenoxy) is 2. The van der Waals surface area contributed by atoms with Crippen LogP contribution < -0.4 is 10.6 Å². The Hall–Kier alpha value is -5.31. The molecule has 0 bridgehead atoms. The number of nitrogens with one attached hydrogen (secondary N) is 2. The van der Waals surface area contributed by atoms with Crippen molar-refractivity contribution in [1.82, 2.24) is 20.0 Å². The summed E-state index contributed by atoms with van der Waals surface area (Å²) in [7, 11) is 1.76. The molecular weight excluding hydrogens is 634 g/mol. The minimum absolute atomic E-state index is 0.00922. The number of carbonyl (C=O) groups excluding carboxylic acids is 3. The zero-order valence-corrected chi connectivity index (χ0v) is 27.7. The molecule has 0 unspecified atom stereocenters. The third kappa shape index (κ3) is 8.53. The van der Waals surface area contributed by atoms with E-state index >= 15 is 0 Å². The molecule has 2 atom stereocenters. The number of amides is 3. The molecule has 1 aliphatic rings. The number of anilines is 1. The molecule has 2 heterocycles. The van der Waals surface area contributed by atoms with Gasteiger partial charge in [0, 0.05) is 41.6 Å². The molecule has 0 spiro atoms. The molecule has 3 N–H and O–H groups in total. The van der Waals surface area contributed by atoms with Crippen molar-refractivity contribution in [3.63, 3.8) is 0 Å². The number of phenols is 1. The standard InChI is InChI=1S/C36H36ClN5O6/c1-36(2,3)48-35(46)39-32(24-8-6-5-7-9-24)34(45)42-18-19-47-22-29(42)33(44)38-27-15-11-23(12-16-27)10-13-25-21-41(4)40-31(25)28-20-26(37)14-17-30(28)43/h5-9,11-12,14-17,20-21,29,32,43H,18-19,22H2,1-4H3,(H,38,44)(H,39,46)/t29-,32+/m0/s1. The van der Waals surface area contributed by atoms with Gasteiger partial charge in [-0.05, 0) is 68.8 Å². The van der Waals surface area contributed by atoms with E-state index in [1.807, 2.05) is 6.07 Å². The third-order valence-electron chi connectivity index (χ3n) is 7.29. The molecule has 11 nitrogen and oxygen atoms in total. The Kier molecular flexibility index (Phi) is 10.4. The first-order chi connectivity index (χ1) is 22.9. The Labute approximate surface area is 283 Å². The molecule has 1 saturated heterocycles. The lowest BCUT2D eigenvalue weighted by Crippen LogP contribution is -2.57. The van der Waals surface area contributed by atoms with Gasteiger partial charge in [-0.15, -0.1) is 0 Å². The average Bonchev–Trinajstić information content (AvgIpc) is 3.43. The van der Waals surface area contributed by atoms with Crippen molar-refractivity contribution in [3.8, 4) is 28.8 Å². The monoisotopic (exact) mass is 669 g/mol. The molecule has 12 heteroatoms. The maximum Gasteiger partial charge on any atom is 0.408 e. The van der Waals surface area contributed by atoms with E-state index in [2.05, 4.69) is 27.6 Å². The molecule has 5 rings (SSSR count). The maximum absolute atomic E-state index is 13.9. The van der Waals surface area contributed by atoms with Gasteiger partial charge >= 0.3 is 6.09 Å². The molecule has 4 aromatic rings. The van der Waals surface area contributed by atoms with E-state index in [0.717, 1.165) is 0 Å². The van der Waals surface area contributed by atoms with E-state index in [4.69, 9.17) is 21.1 Å². The lowest BCUT2D eigenvalue weighted by atomic mass is 10.0. The van der Waals surface area contributed by atoms with Crippen molar-refractivity contribution in [2.75, 3.05) is 25.1 Å². The molecule has 0 saturated carbocycles. The quantitative estimate of drug-likeness (QED) is 0.238. The highest BCUT2D eigenvalue weighted by atomic mass is 35.5. The first kappa shape index (κ1) is 34.0. The van der Waals surface area contributed by atoms with Gasteiger partial charge in [0.2, 0.25) is 5.91 Å². The van der Waals surface area contributed by atoms with Crippen LogP contribution in [-0.4, -0.2) is 69.1 Å². The number of rotatable bonds is 6. The molecule has 1 aromatic heterocycles. The SMILES string of the molecule is Cn1cc(C#Cc2ccc(NC(=O)[C@@H]3COCCN3C(=O)[C@H](NC(=O)OC(C)(C)C)c3ccccc3)cc2)c(-c2cc(Cl)ccc2O)n1. The van der Waals surface area contributed by atoms with Crippen molar-refractivity contribution in [2.24, 2.45) is 7.05 Å². The summed E-state index contributed by atoms with van der Waals surface area (Å²) >= 11 is 6.14. The van der Waals surface area contributed by atoms with Gasteiger partial charge in [0.25, 0.3) is 5.91 Å². The highest BCUT2D eigenvalue weighted by Crippen LogP contribution is 2.32. The normalized spacial score (nSPS) is 15.1. The number of carbonyl (C=O) groups is 3. The fourth-order valence-corrected chi connectivity index (χ4v) is 5.26. The summed E-state index contributed by atoms with van der Waals surface area (Å²) < 4.78 is 12.6. The first-order valence-corrected chi connectivity index (χ1v) is 15.6. The number of halogens is 1. The second-order valence-corrected chi connectivity index (χ2v) is 12.6. The van der Waals surface area contributed by atoms with Crippen LogP contribution in [-0.2, 0) is 26.1 Å². The zero-order valence-electron chi connectivity index (χ0n) is 27.0. The number of aromatic hydroxyl groups is 1. The lowest BCUT2D eigenvalue weighted by Gasteiger charge is -2.37. The summed E-state index contributed by atoms with van der Waals surface area (Å²) in [6.07, 6.45) is 1.01. The van der Waals surface area contributed by atoms with Gasteiger partial charge in [0.15, 0.2) is 0 Å². The first-order valence-electron chi connectivity index (χ1n) is 15.3. The minimum Gasteiger partial charge on any atom is -0.507 e. The number of aromatic nitrogens is 2. The average molecular weight is 670 g/mol. The van der Waals surface area contributed by atoms with Gasteiger partial charge < -0.3 is 30.1 Å². The number of hydrogen-bond acceptors (Lipinski definition) is 7. The van der Waals surface area contributed by atoms with Crippen LogP contribution in [0.4, 0.5) is 10.5 Å². The number of phenolic OH excluding ortho intramolecular Hbond substituents is 1. The Morgan fingerprint density at radius 3 is 2.50 bits per heavy atom. The van der Waals surface area contributed by atoms with Gasteiger partial charge in [-0.3, -0.25) is 14.3 Å². The number of morpholine rings is 1. The van der Waals surface area contributed by atoms with Crippen LogP contribution in [0.1, 0.15) is 43.5 Å². The topological polar surface area (TPSA) is 135 Å². The van der Waals surface area contributed by atoms with Crippen molar-refractivity contribution in [3.05, 3.63) is 101 Å². The van der Waals surface area contributed by atoms with Crippen LogP contribution in [0.15, 0.2) is 79.0 Å². The van der Waals surface area contributed by atoms with Crippen molar-refractivity contribution in [2.45, 2.75) is 38.5 Å². The summed E-state index contributed by atoms with van der Waals surface area (Å²) in [4.78, 5) is 41.6. The Balaban J connectivity index is 1.30. The number of hydrogen-bond donors (Lipinski definition) is 3. The molecule has 48 heavy (non-hydrogen) atoms. The number of nitrogens with zero attached hydrogens (tertiary/aromatic N) is 3. The van der Waals surface area contributed by atoms with Gasteiger partial charge in [0.1, 0.15) is 29.1 Å². The van der Waals surface area contributed by atoms with E-state index in [1.165, 1.54) is 11.0 Å². The molecule has 0 aliphatic carbocycles. The molecule has 0 radical (unpaired) electrons. The molecule has 248 valence electrons. The van der Waals surface area contributed by atoms with Gasteiger partial charge in [-0.2, -0.15) is 5.10 Å². The van der Waals surface area contributed by atoms with Crippen molar-refractivity contribution >= 4 is 35.2 Å². The second-order valence-electron chi connectivity index (χ2n) is 12.2. The van der Waals surface area contributed by atoms with E-state index in [-0.39, 0.29) is 25.5 Å². The third-order valence-corrected chi connectivity index (χ3v) is 7.53. The van der Waals surface area contributed by atoms with E-state index in [1.54, 1.807) is 99.4 Å². The highest BCUT2D eigenvalue weighted by molar-refractivity contribution is 6.31. The van der Waals surface area contributed by atoms with Gasteiger partial charge in [-0.1, -0.05) is 53.8 Å². The van der Waals surface area contributed by atoms with Crippen molar-refractivity contribution in [1.29, 1.82) is 0 Å². The van der Waals surface area contributed by atoms with Crippen LogP contribution in [0.2, 0.25) is 5.02 Å². The fourth-order valence-electron chi connectivity index (χ4n) is 5.09. The molecule has 1 fully saturated rings. The fraction of sp³-hybridized carbons (Fsp3) is 0.278.